The van der Waals surface area contributed by atoms with Crippen LogP contribution < -0.4 is 5.73 Å². The van der Waals surface area contributed by atoms with E-state index in [0.29, 0.717) is 10.9 Å². The highest BCUT2D eigenvalue weighted by molar-refractivity contribution is 7.80. The highest BCUT2D eigenvalue weighted by Gasteiger charge is 2.22. The first-order valence-corrected chi connectivity index (χ1v) is 5.80. The van der Waals surface area contributed by atoms with Crippen molar-refractivity contribution < 1.29 is 0 Å². The van der Waals surface area contributed by atoms with Gasteiger partial charge in [0.2, 0.25) is 0 Å². The van der Waals surface area contributed by atoms with Gasteiger partial charge in [0.25, 0.3) is 0 Å². The monoisotopic (exact) mass is 220 g/mol. The van der Waals surface area contributed by atoms with Gasteiger partial charge in [-0.2, -0.15) is 0 Å². The highest BCUT2D eigenvalue weighted by atomic mass is 32.1. The maximum atomic E-state index is 5.79. The molecule has 3 heteroatoms. The Morgan fingerprint density at radius 3 is 3.00 bits per heavy atom. The summed E-state index contributed by atoms with van der Waals surface area (Å²) in [4.78, 5) is 4.87. The maximum Gasteiger partial charge on any atom is 0.106 e. The van der Waals surface area contributed by atoms with Crippen molar-refractivity contribution in [3.05, 3.63) is 28.6 Å². The van der Waals surface area contributed by atoms with Crippen molar-refractivity contribution in [3.8, 4) is 0 Å². The van der Waals surface area contributed by atoms with Crippen molar-refractivity contribution in [2.75, 3.05) is 0 Å². The second-order valence-electron chi connectivity index (χ2n) is 4.32. The van der Waals surface area contributed by atoms with E-state index in [4.69, 9.17) is 18.0 Å². The summed E-state index contributed by atoms with van der Waals surface area (Å²) < 4.78 is 0. The molecule has 0 spiro atoms. The second-order valence-corrected chi connectivity index (χ2v) is 4.75. The summed E-state index contributed by atoms with van der Waals surface area (Å²) in [6, 6.07) is 0. The molecule has 0 amide bonds. The highest BCUT2D eigenvalue weighted by Crippen LogP contribution is 2.34. The largest absolute Gasteiger partial charge is 0.389 e. The van der Waals surface area contributed by atoms with Crippen LogP contribution in [-0.2, 0) is 6.42 Å². The molecule has 1 atom stereocenters. The SMILES string of the molecule is Cc1ncc2c(c1C(N)=S)[C@H](C)CCC2. The van der Waals surface area contributed by atoms with Gasteiger partial charge < -0.3 is 5.73 Å². The lowest BCUT2D eigenvalue weighted by Gasteiger charge is -2.25. The smallest absolute Gasteiger partial charge is 0.106 e. The van der Waals surface area contributed by atoms with E-state index in [-0.39, 0.29) is 0 Å². The number of nitrogens with two attached hydrogens (primary N) is 1. The van der Waals surface area contributed by atoms with E-state index < -0.39 is 0 Å². The number of fused-ring (bicyclic) bond motifs is 1. The zero-order valence-electron chi connectivity index (χ0n) is 9.21. The molecule has 1 aliphatic rings. The zero-order chi connectivity index (χ0) is 11.0. The summed E-state index contributed by atoms with van der Waals surface area (Å²) in [7, 11) is 0. The van der Waals surface area contributed by atoms with E-state index >= 15 is 0 Å². The van der Waals surface area contributed by atoms with Crippen LogP contribution in [0.1, 0.15) is 48.1 Å². The fourth-order valence-electron chi connectivity index (χ4n) is 2.48. The Morgan fingerprint density at radius 1 is 1.60 bits per heavy atom. The van der Waals surface area contributed by atoms with Gasteiger partial charge >= 0.3 is 0 Å². The number of rotatable bonds is 1. The molecule has 0 saturated carbocycles. The Kier molecular flexibility index (Phi) is 2.74. The van der Waals surface area contributed by atoms with Crippen molar-refractivity contribution in [3.63, 3.8) is 0 Å². The number of thiocarbonyl (C=S) groups is 1. The van der Waals surface area contributed by atoms with Gasteiger partial charge in [-0.15, -0.1) is 0 Å². The quantitative estimate of drug-likeness (QED) is 0.739. The average Bonchev–Trinajstić information content (AvgIpc) is 2.18. The van der Waals surface area contributed by atoms with Gasteiger partial charge in [0.1, 0.15) is 4.99 Å². The van der Waals surface area contributed by atoms with Crippen molar-refractivity contribution in [2.45, 2.75) is 39.0 Å². The minimum Gasteiger partial charge on any atom is -0.389 e. The van der Waals surface area contributed by atoms with Crippen molar-refractivity contribution in [1.82, 2.24) is 4.98 Å². The molecule has 15 heavy (non-hydrogen) atoms. The van der Waals surface area contributed by atoms with Crippen LogP contribution in [0.25, 0.3) is 0 Å². The topological polar surface area (TPSA) is 38.9 Å². The van der Waals surface area contributed by atoms with Crippen LogP contribution in [0.3, 0.4) is 0 Å². The molecule has 1 aromatic rings. The zero-order valence-corrected chi connectivity index (χ0v) is 10.0. The summed E-state index contributed by atoms with van der Waals surface area (Å²) in [5, 5.41) is 0. The van der Waals surface area contributed by atoms with Crippen molar-refractivity contribution in [1.29, 1.82) is 0 Å². The molecule has 1 aliphatic carbocycles. The lowest BCUT2D eigenvalue weighted by molar-refractivity contribution is 0.586. The molecule has 1 heterocycles. The van der Waals surface area contributed by atoms with Crippen LogP contribution >= 0.6 is 12.2 Å². The molecule has 0 fully saturated rings. The molecule has 1 aromatic heterocycles. The number of aryl methyl sites for hydroxylation is 2. The van der Waals surface area contributed by atoms with Gasteiger partial charge in [-0.25, -0.2) is 0 Å². The van der Waals surface area contributed by atoms with Crippen LogP contribution in [0.2, 0.25) is 0 Å². The fourth-order valence-corrected chi connectivity index (χ4v) is 2.74. The lowest BCUT2D eigenvalue weighted by atomic mass is 9.81. The van der Waals surface area contributed by atoms with Crippen LogP contribution in [0.4, 0.5) is 0 Å². The predicted molar refractivity (Wildman–Crippen MR) is 66.2 cm³/mol. The predicted octanol–water partition coefficient (Wildman–Crippen LogP) is 2.46. The Labute approximate surface area is 95.9 Å². The molecule has 0 aromatic carbocycles. The van der Waals surface area contributed by atoms with E-state index in [9.17, 15) is 0 Å². The fraction of sp³-hybridized carbons (Fsp3) is 0.500. The first kappa shape index (κ1) is 10.6. The minimum atomic E-state index is 0.491. The maximum absolute atomic E-state index is 5.79. The molecule has 0 unspecified atom stereocenters. The number of hydrogen-bond acceptors (Lipinski definition) is 2. The Bertz CT molecular complexity index is 412. The summed E-state index contributed by atoms with van der Waals surface area (Å²) in [5.41, 5.74) is 10.5. The summed E-state index contributed by atoms with van der Waals surface area (Å²) in [6.07, 6.45) is 5.58. The van der Waals surface area contributed by atoms with Crippen LogP contribution in [0.15, 0.2) is 6.20 Å². The lowest BCUT2D eigenvalue weighted by Crippen LogP contribution is -2.20. The third-order valence-corrected chi connectivity index (χ3v) is 3.42. The third-order valence-electron chi connectivity index (χ3n) is 3.21. The average molecular weight is 220 g/mol. The van der Waals surface area contributed by atoms with E-state index in [0.717, 1.165) is 17.7 Å². The van der Waals surface area contributed by atoms with Crippen LogP contribution in [0.5, 0.6) is 0 Å². The summed E-state index contributed by atoms with van der Waals surface area (Å²) in [5.74, 6) is 0.562. The van der Waals surface area contributed by atoms with Crippen LogP contribution in [-0.4, -0.2) is 9.97 Å². The molecule has 2 rings (SSSR count). The third kappa shape index (κ3) is 1.76. The number of nitrogens with zero attached hydrogens (tertiary/aromatic N) is 1. The molecule has 0 bridgehead atoms. The summed E-state index contributed by atoms with van der Waals surface area (Å²) >= 11 is 5.13. The number of aromatic nitrogens is 1. The minimum absolute atomic E-state index is 0.491. The molecule has 0 radical (unpaired) electrons. The normalized spacial score (nSPS) is 19.7. The molecule has 0 saturated heterocycles. The molecular formula is C12H16N2S. The van der Waals surface area contributed by atoms with E-state index in [1.165, 1.54) is 24.0 Å². The molecule has 0 aliphatic heterocycles. The van der Waals surface area contributed by atoms with Gasteiger partial charge in [0.15, 0.2) is 0 Å². The van der Waals surface area contributed by atoms with E-state index in [1.807, 2.05) is 13.1 Å². The number of pyridine rings is 1. The Morgan fingerprint density at radius 2 is 2.33 bits per heavy atom. The first-order chi connectivity index (χ1) is 7.11. The van der Waals surface area contributed by atoms with Gasteiger partial charge in [0, 0.05) is 17.5 Å². The van der Waals surface area contributed by atoms with E-state index in [1.54, 1.807) is 0 Å². The number of hydrogen-bond donors (Lipinski definition) is 1. The van der Waals surface area contributed by atoms with Crippen LogP contribution in [0, 0.1) is 6.92 Å². The van der Waals surface area contributed by atoms with Gasteiger partial charge in [-0.05, 0) is 43.2 Å². The van der Waals surface area contributed by atoms with Gasteiger partial charge in [0.05, 0.1) is 0 Å². The second kappa shape index (κ2) is 3.89. The molecular weight excluding hydrogens is 204 g/mol. The molecule has 2 nitrogen and oxygen atoms in total. The van der Waals surface area contributed by atoms with Crippen molar-refractivity contribution >= 4 is 17.2 Å². The van der Waals surface area contributed by atoms with Gasteiger partial charge in [-0.3, -0.25) is 4.98 Å². The van der Waals surface area contributed by atoms with E-state index in [2.05, 4.69) is 11.9 Å². The standard InChI is InChI=1S/C12H16N2S/c1-7-4-3-5-9-6-14-8(2)11(10(7)9)12(13)15/h6-7H,3-5H2,1-2H3,(H2,13,15)/t7-/m1/s1. The summed E-state index contributed by atoms with van der Waals surface area (Å²) in [6.45, 7) is 4.23. The van der Waals surface area contributed by atoms with Gasteiger partial charge in [-0.1, -0.05) is 19.1 Å². The molecule has 2 N–H and O–H groups in total. The Hall–Kier alpha value is -0.960. The van der Waals surface area contributed by atoms with Crippen molar-refractivity contribution in [2.24, 2.45) is 5.73 Å². The first-order valence-electron chi connectivity index (χ1n) is 5.39. The molecule has 80 valence electrons. The Balaban J connectivity index is 2.66.